The van der Waals surface area contributed by atoms with Crippen molar-refractivity contribution >= 4 is 20.9 Å². The molecular formula is C16H18N4O3S. The minimum atomic E-state index is -3.67. The van der Waals surface area contributed by atoms with Gasteiger partial charge in [0.15, 0.2) is 5.03 Å². The van der Waals surface area contributed by atoms with Crippen LogP contribution < -0.4 is 4.72 Å². The summed E-state index contributed by atoms with van der Waals surface area (Å²) < 4.78 is 34.9. The maximum absolute atomic E-state index is 12.7. The highest BCUT2D eigenvalue weighted by atomic mass is 32.2. The molecule has 8 heteroatoms. The Hall–Kier alpha value is -2.16. The highest BCUT2D eigenvalue weighted by molar-refractivity contribution is 7.89. The van der Waals surface area contributed by atoms with Gasteiger partial charge in [0.25, 0.3) is 10.0 Å². The van der Waals surface area contributed by atoms with Gasteiger partial charge in [-0.3, -0.25) is 4.68 Å². The van der Waals surface area contributed by atoms with Crippen LogP contribution in [0, 0.1) is 0 Å². The second-order valence-corrected chi connectivity index (χ2v) is 7.55. The third-order valence-corrected chi connectivity index (χ3v) is 5.74. The minimum absolute atomic E-state index is 0.188. The van der Waals surface area contributed by atoms with Gasteiger partial charge in [-0.2, -0.15) is 5.10 Å². The summed E-state index contributed by atoms with van der Waals surface area (Å²) >= 11 is 0. The Morgan fingerprint density at radius 2 is 2.21 bits per heavy atom. The van der Waals surface area contributed by atoms with Crippen molar-refractivity contribution in [2.24, 2.45) is 7.05 Å². The zero-order chi connectivity index (χ0) is 16.7. The average Bonchev–Trinajstić information content (AvgIpc) is 3.12. The average molecular weight is 346 g/mol. The molecule has 0 unspecified atom stereocenters. The zero-order valence-electron chi connectivity index (χ0n) is 13.2. The van der Waals surface area contributed by atoms with E-state index in [0.717, 1.165) is 22.3 Å². The van der Waals surface area contributed by atoms with Crippen LogP contribution in [0.15, 0.2) is 35.4 Å². The Bertz CT molecular complexity index is 971. The van der Waals surface area contributed by atoms with E-state index in [9.17, 15) is 8.42 Å². The molecule has 0 spiro atoms. The van der Waals surface area contributed by atoms with Crippen LogP contribution in [0.1, 0.15) is 17.0 Å². The van der Waals surface area contributed by atoms with Crippen LogP contribution in [0.4, 0.5) is 0 Å². The molecule has 0 aliphatic carbocycles. The third-order valence-electron chi connectivity index (χ3n) is 4.19. The molecule has 0 saturated heterocycles. The Labute approximate surface area is 139 Å². The zero-order valence-corrected chi connectivity index (χ0v) is 14.1. The molecule has 1 aliphatic heterocycles. The van der Waals surface area contributed by atoms with Crippen molar-refractivity contribution in [3.63, 3.8) is 0 Å². The first kappa shape index (κ1) is 15.4. The number of H-pyrrole nitrogens is 1. The normalized spacial score (nSPS) is 14.9. The Balaban J connectivity index is 1.60. The Morgan fingerprint density at radius 3 is 3.04 bits per heavy atom. The summed E-state index contributed by atoms with van der Waals surface area (Å²) in [4.78, 5) is 3.22. The van der Waals surface area contributed by atoms with E-state index >= 15 is 0 Å². The number of aromatic nitrogens is 3. The summed E-state index contributed by atoms with van der Waals surface area (Å²) in [7, 11) is -2.03. The second kappa shape index (κ2) is 5.73. The lowest BCUT2D eigenvalue weighted by molar-refractivity contribution is 0.108. The molecule has 7 nitrogen and oxygen atoms in total. The van der Waals surface area contributed by atoms with E-state index in [1.807, 2.05) is 30.3 Å². The highest BCUT2D eigenvalue weighted by Gasteiger charge is 2.28. The molecule has 4 rings (SSSR count). The van der Waals surface area contributed by atoms with Crippen molar-refractivity contribution in [1.29, 1.82) is 0 Å². The summed E-state index contributed by atoms with van der Waals surface area (Å²) in [5, 5.41) is 5.56. The first-order chi connectivity index (χ1) is 11.5. The molecule has 0 saturated carbocycles. The lowest BCUT2D eigenvalue weighted by Crippen LogP contribution is -2.27. The number of hydrogen-bond donors (Lipinski definition) is 2. The molecule has 2 aromatic heterocycles. The van der Waals surface area contributed by atoms with Gasteiger partial charge in [-0.1, -0.05) is 18.2 Å². The van der Waals surface area contributed by atoms with Crippen LogP contribution in [-0.2, 0) is 41.4 Å². The molecule has 3 aromatic rings. The number of rotatable bonds is 4. The van der Waals surface area contributed by atoms with Crippen molar-refractivity contribution in [3.05, 3.63) is 47.3 Å². The van der Waals surface area contributed by atoms with Gasteiger partial charge in [-0.05, 0) is 17.5 Å². The summed E-state index contributed by atoms with van der Waals surface area (Å²) in [5.74, 6) is 0. The van der Waals surface area contributed by atoms with Gasteiger partial charge in [-0.15, -0.1) is 0 Å². The van der Waals surface area contributed by atoms with Crippen LogP contribution in [0.25, 0.3) is 10.9 Å². The summed E-state index contributed by atoms with van der Waals surface area (Å²) in [6.07, 6.45) is 0.640. The number of aryl methyl sites for hydroxylation is 1. The van der Waals surface area contributed by atoms with Gasteiger partial charge in [-0.25, -0.2) is 13.1 Å². The summed E-state index contributed by atoms with van der Waals surface area (Å²) in [6.45, 7) is 1.05. The molecule has 1 aromatic carbocycles. The standard InChI is InChI=1S/C16H18N4O3S/c1-20-16(13-10-23-7-6-15(13)19-20)24(21,22)17-9-12-8-11-4-2-3-5-14(11)18-12/h2-5,8,17-18H,6-7,9-10H2,1H3. The van der Waals surface area contributed by atoms with Crippen LogP contribution in [-0.4, -0.2) is 29.8 Å². The molecule has 24 heavy (non-hydrogen) atoms. The Kier molecular flexibility index (Phi) is 3.67. The molecule has 0 amide bonds. The molecule has 2 N–H and O–H groups in total. The summed E-state index contributed by atoms with van der Waals surface area (Å²) in [5.41, 5.74) is 3.26. The number of aromatic amines is 1. The lowest BCUT2D eigenvalue weighted by atomic mass is 10.2. The van der Waals surface area contributed by atoms with Crippen molar-refractivity contribution < 1.29 is 13.2 Å². The van der Waals surface area contributed by atoms with E-state index in [4.69, 9.17) is 4.74 Å². The maximum Gasteiger partial charge on any atom is 0.258 e. The number of hydrogen-bond acceptors (Lipinski definition) is 4. The third kappa shape index (κ3) is 2.62. The molecule has 0 fully saturated rings. The van der Waals surface area contributed by atoms with Gasteiger partial charge in [0.1, 0.15) is 0 Å². The summed E-state index contributed by atoms with van der Waals surface area (Å²) in [6, 6.07) is 9.78. The fraction of sp³-hybridized carbons (Fsp3) is 0.312. The predicted molar refractivity (Wildman–Crippen MR) is 88.9 cm³/mol. The van der Waals surface area contributed by atoms with Crippen molar-refractivity contribution in [3.8, 4) is 0 Å². The monoisotopic (exact) mass is 346 g/mol. The van der Waals surface area contributed by atoms with Crippen LogP contribution >= 0.6 is 0 Å². The molecule has 3 heterocycles. The number of benzene rings is 1. The van der Waals surface area contributed by atoms with Crippen molar-refractivity contribution in [1.82, 2.24) is 19.5 Å². The van der Waals surface area contributed by atoms with Gasteiger partial charge in [0.05, 0.1) is 25.5 Å². The van der Waals surface area contributed by atoms with Gasteiger partial charge < -0.3 is 9.72 Å². The lowest BCUT2D eigenvalue weighted by Gasteiger charge is -2.13. The molecular weight excluding hydrogens is 328 g/mol. The number of ether oxygens (including phenoxy) is 1. The maximum atomic E-state index is 12.7. The number of nitrogens with one attached hydrogen (secondary N) is 2. The first-order valence-electron chi connectivity index (χ1n) is 7.73. The van der Waals surface area contributed by atoms with E-state index in [-0.39, 0.29) is 18.2 Å². The van der Waals surface area contributed by atoms with E-state index in [2.05, 4.69) is 14.8 Å². The number of nitrogens with zero attached hydrogens (tertiary/aromatic N) is 2. The van der Waals surface area contributed by atoms with Crippen molar-refractivity contribution in [2.75, 3.05) is 6.61 Å². The van der Waals surface area contributed by atoms with E-state index in [1.165, 1.54) is 4.68 Å². The fourth-order valence-corrected chi connectivity index (χ4v) is 4.47. The number of fused-ring (bicyclic) bond motifs is 2. The van der Waals surface area contributed by atoms with E-state index in [0.29, 0.717) is 18.6 Å². The Morgan fingerprint density at radius 1 is 1.38 bits per heavy atom. The van der Waals surface area contributed by atoms with E-state index < -0.39 is 10.0 Å². The topological polar surface area (TPSA) is 89.0 Å². The smallest absolute Gasteiger partial charge is 0.258 e. The van der Waals surface area contributed by atoms with Gasteiger partial charge >= 0.3 is 0 Å². The minimum Gasteiger partial charge on any atom is -0.376 e. The molecule has 1 aliphatic rings. The first-order valence-corrected chi connectivity index (χ1v) is 9.22. The fourth-order valence-electron chi connectivity index (χ4n) is 3.10. The SMILES string of the molecule is Cn1nc2c(c1S(=O)(=O)NCc1cc3ccccc3[nH]1)COCC2. The quantitative estimate of drug-likeness (QED) is 0.748. The second-order valence-electron chi connectivity index (χ2n) is 5.86. The molecule has 126 valence electrons. The predicted octanol–water partition coefficient (Wildman–Crippen LogP) is 1.45. The van der Waals surface area contributed by atoms with Gasteiger partial charge in [0, 0.05) is 30.2 Å². The number of sulfonamides is 1. The molecule has 0 atom stereocenters. The van der Waals surface area contributed by atoms with Gasteiger partial charge in [0.2, 0.25) is 0 Å². The molecule has 0 bridgehead atoms. The highest BCUT2D eigenvalue weighted by Crippen LogP contribution is 2.24. The van der Waals surface area contributed by atoms with Crippen LogP contribution in [0.3, 0.4) is 0 Å². The van der Waals surface area contributed by atoms with Crippen LogP contribution in [0.2, 0.25) is 0 Å². The number of para-hydroxylation sites is 1. The van der Waals surface area contributed by atoms with Crippen LogP contribution in [0.5, 0.6) is 0 Å². The molecule has 0 radical (unpaired) electrons. The van der Waals surface area contributed by atoms with E-state index in [1.54, 1.807) is 7.05 Å². The largest absolute Gasteiger partial charge is 0.376 e. The van der Waals surface area contributed by atoms with Crippen molar-refractivity contribution in [2.45, 2.75) is 24.6 Å².